The van der Waals surface area contributed by atoms with Crippen molar-refractivity contribution in [3.05, 3.63) is 29.8 Å². The number of unbranched alkanes of at least 4 members (excludes halogenated alkanes) is 4. The van der Waals surface area contributed by atoms with E-state index in [2.05, 4.69) is 47.7 Å². The van der Waals surface area contributed by atoms with Crippen LogP contribution in [0.2, 0.25) is 18.1 Å². The molecule has 0 saturated heterocycles. The SMILES string of the molecule is CCCCCCC[C@@H](C[S@@](=O)c1ccc(C)cc1)O[Si](C)(C)C(C)(C)C. The molecule has 26 heavy (non-hydrogen) atoms. The molecule has 2 atom stereocenters. The molecule has 1 aromatic carbocycles. The molecule has 1 rings (SSSR count). The third-order valence-electron chi connectivity index (χ3n) is 5.52. The average molecular weight is 397 g/mol. The van der Waals surface area contributed by atoms with E-state index in [1.807, 2.05) is 24.3 Å². The molecule has 0 aromatic heterocycles. The minimum absolute atomic E-state index is 0.0969. The Balaban J connectivity index is 2.75. The Kier molecular flexibility index (Phi) is 9.77. The molecule has 0 spiro atoms. The van der Waals surface area contributed by atoms with Crippen molar-refractivity contribution in [1.29, 1.82) is 0 Å². The largest absolute Gasteiger partial charge is 0.413 e. The maximum atomic E-state index is 12.9. The Morgan fingerprint density at radius 2 is 1.62 bits per heavy atom. The van der Waals surface area contributed by atoms with Crippen LogP contribution in [0.5, 0.6) is 0 Å². The van der Waals surface area contributed by atoms with Gasteiger partial charge in [0.2, 0.25) is 0 Å². The molecule has 0 amide bonds. The summed E-state index contributed by atoms with van der Waals surface area (Å²) in [5, 5.41) is 0.179. The van der Waals surface area contributed by atoms with Crippen LogP contribution in [0, 0.1) is 6.92 Å². The zero-order chi connectivity index (χ0) is 19.8. The van der Waals surface area contributed by atoms with Crippen molar-refractivity contribution < 1.29 is 8.63 Å². The molecule has 2 nitrogen and oxygen atoms in total. The fraction of sp³-hybridized carbons (Fsp3) is 0.727. The van der Waals surface area contributed by atoms with E-state index < -0.39 is 19.1 Å². The highest BCUT2D eigenvalue weighted by atomic mass is 32.2. The highest BCUT2D eigenvalue weighted by Gasteiger charge is 2.39. The van der Waals surface area contributed by atoms with Crippen molar-refractivity contribution in [2.24, 2.45) is 0 Å². The van der Waals surface area contributed by atoms with Crippen molar-refractivity contribution in [2.75, 3.05) is 5.75 Å². The van der Waals surface area contributed by atoms with Crippen LogP contribution in [-0.2, 0) is 15.2 Å². The minimum atomic E-state index is -1.85. The third kappa shape index (κ3) is 8.06. The van der Waals surface area contributed by atoms with Crippen molar-refractivity contribution in [3.63, 3.8) is 0 Å². The standard InChI is InChI=1S/C22H40O2SSi/c1-8-9-10-11-12-13-20(24-26(6,7)22(3,4)5)18-25(23)21-16-14-19(2)15-17-21/h14-17,20H,8-13,18H2,1-7H3/t20-,25+/m0/s1. The lowest BCUT2D eigenvalue weighted by atomic mass is 10.1. The second kappa shape index (κ2) is 10.8. The summed E-state index contributed by atoms with van der Waals surface area (Å²) in [6, 6.07) is 8.08. The first-order valence-electron chi connectivity index (χ1n) is 10.2. The predicted molar refractivity (Wildman–Crippen MR) is 118 cm³/mol. The van der Waals surface area contributed by atoms with E-state index in [9.17, 15) is 4.21 Å². The van der Waals surface area contributed by atoms with Gasteiger partial charge in [0.05, 0.1) is 22.7 Å². The van der Waals surface area contributed by atoms with Gasteiger partial charge in [-0.1, -0.05) is 77.5 Å². The van der Waals surface area contributed by atoms with Gasteiger partial charge in [0.15, 0.2) is 8.32 Å². The molecule has 0 fully saturated rings. The van der Waals surface area contributed by atoms with Crippen molar-refractivity contribution in [2.45, 2.75) is 102 Å². The molecular weight excluding hydrogens is 356 g/mol. The fourth-order valence-corrected chi connectivity index (χ4v) is 5.41. The van der Waals surface area contributed by atoms with Crippen molar-refractivity contribution >= 4 is 19.1 Å². The first-order valence-corrected chi connectivity index (χ1v) is 14.4. The van der Waals surface area contributed by atoms with Gasteiger partial charge in [-0.3, -0.25) is 4.21 Å². The van der Waals surface area contributed by atoms with Gasteiger partial charge < -0.3 is 4.43 Å². The van der Waals surface area contributed by atoms with Crippen LogP contribution in [-0.4, -0.2) is 24.4 Å². The van der Waals surface area contributed by atoms with Crippen LogP contribution in [0.15, 0.2) is 29.2 Å². The highest BCUT2D eigenvalue weighted by molar-refractivity contribution is 7.85. The van der Waals surface area contributed by atoms with E-state index in [-0.39, 0.29) is 11.1 Å². The molecule has 0 aliphatic carbocycles. The maximum Gasteiger partial charge on any atom is 0.192 e. The van der Waals surface area contributed by atoms with Crippen LogP contribution >= 0.6 is 0 Å². The lowest BCUT2D eigenvalue weighted by molar-refractivity contribution is 0.188. The predicted octanol–water partition coefficient (Wildman–Crippen LogP) is 6.85. The quantitative estimate of drug-likeness (QED) is 0.302. The Labute approximate surface area is 165 Å². The Hall–Kier alpha value is -0.453. The number of hydrogen-bond acceptors (Lipinski definition) is 2. The van der Waals surface area contributed by atoms with Crippen LogP contribution in [0.25, 0.3) is 0 Å². The summed E-state index contributed by atoms with van der Waals surface area (Å²) in [7, 11) is -2.85. The van der Waals surface area contributed by atoms with Gasteiger partial charge in [0, 0.05) is 4.90 Å². The van der Waals surface area contributed by atoms with Gasteiger partial charge in [-0.25, -0.2) is 0 Å². The first kappa shape index (κ1) is 23.6. The van der Waals surface area contributed by atoms with E-state index in [1.54, 1.807) is 0 Å². The van der Waals surface area contributed by atoms with E-state index >= 15 is 0 Å². The summed E-state index contributed by atoms with van der Waals surface area (Å²) in [5.74, 6) is 0.614. The molecule has 150 valence electrons. The maximum absolute atomic E-state index is 12.9. The zero-order valence-electron chi connectivity index (χ0n) is 18.1. The summed E-state index contributed by atoms with van der Waals surface area (Å²) >= 11 is 0. The lowest BCUT2D eigenvalue weighted by Gasteiger charge is -2.39. The first-order chi connectivity index (χ1) is 12.1. The molecule has 0 heterocycles. The van der Waals surface area contributed by atoms with Gasteiger partial charge in [-0.15, -0.1) is 0 Å². The normalized spacial score (nSPS) is 15.0. The Morgan fingerprint density at radius 1 is 1.04 bits per heavy atom. The molecule has 4 heteroatoms. The van der Waals surface area contributed by atoms with Gasteiger partial charge in [0.1, 0.15) is 0 Å². The summed E-state index contributed by atoms with van der Waals surface area (Å²) in [5.41, 5.74) is 1.20. The topological polar surface area (TPSA) is 26.3 Å². The summed E-state index contributed by atoms with van der Waals surface area (Å²) in [6.07, 6.45) is 7.41. The van der Waals surface area contributed by atoms with Crippen molar-refractivity contribution in [1.82, 2.24) is 0 Å². The van der Waals surface area contributed by atoms with Gasteiger partial charge in [0.25, 0.3) is 0 Å². The van der Waals surface area contributed by atoms with Gasteiger partial charge in [-0.05, 0) is 43.6 Å². The molecule has 0 aliphatic heterocycles. The minimum Gasteiger partial charge on any atom is -0.413 e. The summed E-state index contributed by atoms with van der Waals surface area (Å²) in [6.45, 7) is 15.7. The second-order valence-electron chi connectivity index (χ2n) is 9.03. The van der Waals surface area contributed by atoms with E-state index in [1.165, 1.54) is 37.7 Å². The van der Waals surface area contributed by atoms with E-state index in [0.717, 1.165) is 11.3 Å². The molecule has 0 radical (unpaired) electrons. The number of hydrogen-bond donors (Lipinski definition) is 0. The van der Waals surface area contributed by atoms with Crippen LogP contribution in [0.1, 0.15) is 71.8 Å². The highest BCUT2D eigenvalue weighted by Crippen LogP contribution is 2.38. The zero-order valence-corrected chi connectivity index (χ0v) is 19.9. The number of rotatable bonds is 11. The monoisotopic (exact) mass is 396 g/mol. The Morgan fingerprint density at radius 3 is 2.15 bits per heavy atom. The summed E-state index contributed by atoms with van der Waals surface area (Å²) in [4.78, 5) is 0.922. The number of aryl methyl sites for hydroxylation is 1. The smallest absolute Gasteiger partial charge is 0.192 e. The Bertz CT molecular complexity index is 546. The van der Waals surface area contributed by atoms with Gasteiger partial charge in [-0.2, -0.15) is 0 Å². The van der Waals surface area contributed by atoms with Crippen LogP contribution in [0.3, 0.4) is 0 Å². The van der Waals surface area contributed by atoms with Gasteiger partial charge >= 0.3 is 0 Å². The molecule has 0 aliphatic rings. The molecular formula is C22H40O2SSi. The molecule has 1 aromatic rings. The molecule has 0 N–H and O–H groups in total. The third-order valence-corrected chi connectivity index (χ3v) is 11.5. The number of benzene rings is 1. The fourth-order valence-electron chi connectivity index (χ4n) is 2.70. The molecule has 0 unspecified atom stereocenters. The average Bonchev–Trinajstić information content (AvgIpc) is 2.53. The van der Waals surface area contributed by atoms with E-state index in [0.29, 0.717) is 5.75 Å². The molecule has 0 saturated carbocycles. The lowest BCUT2D eigenvalue weighted by Crippen LogP contribution is -2.45. The van der Waals surface area contributed by atoms with E-state index in [4.69, 9.17) is 4.43 Å². The van der Waals surface area contributed by atoms with Crippen molar-refractivity contribution in [3.8, 4) is 0 Å². The summed E-state index contributed by atoms with van der Waals surface area (Å²) < 4.78 is 19.6. The second-order valence-corrected chi connectivity index (χ2v) is 15.3. The van der Waals surface area contributed by atoms with Crippen LogP contribution < -0.4 is 0 Å². The van der Waals surface area contributed by atoms with Crippen LogP contribution in [0.4, 0.5) is 0 Å². The molecule has 0 bridgehead atoms.